The molecule has 37 heavy (non-hydrogen) atoms. The summed E-state index contributed by atoms with van der Waals surface area (Å²) in [6.07, 6.45) is -7.00. The van der Waals surface area contributed by atoms with Crippen molar-refractivity contribution >= 4 is 5.91 Å². The van der Waals surface area contributed by atoms with Gasteiger partial charge in [-0.1, -0.05) is 13.8 Å². The van der Waals surface area contributed by atoms with Crippen LogP contribution in [0.1, 0.15) is 68.1 Å². The Balaban J connectivity index is 1.38. The molecule has 2 aromatic rings. The Bertz CT molecular complexity index is 1080. The fraction of sp³-hybridized carbons (Fsp3) is 0.667. The summed E-state index contributed by atoms with van der Waals surface area (Å²) in [7, 11) is 0. The van der Waals surface area contributed by atoms with Crippen LogP contribution in [0.5, 0.6) is 0 Å². The number of hydrogen-bond acceptors (Lipinski definition) is 5. The number of piperidine rings is 1. The van der Waals surface area contributed by atoms with Crippen LogP contribution in [0.15, 0.2) is 18.2 Å². The molecule has 0 atom stereocenters. The van der Waals surface area contributed by atoms with Gasteiger partial charge in [-0.2, -0.15) is 31.1 Å². The van der Waals surface area contributed by atoms with Crippen LogP contribution in [0.4, 0.5) is 26.3 Å². The van der Waals surface area contributed by atoms with Gasteiger partial charge in [0, 0.05) is 25.7 Å². The Labute approximate surface area is 210 Å². The summed E-state index contributed by atoms with van der Waals surface area (Å²) in [4.78, 5) is 17.2. The van der Waals surface area contributed by atoms with Crippen molar-refractivity contribution in [3.05, 3.63) is 40.7 Å². The summed E-state index contributed by atoms with van der Waals surface area (Å²) in [5.41, 5.74) is -3.76. The maximum Gasteiger partial charge on any atom is 0.416 e. The monoisotopic (exact) mass is 532 g/mol. The summed E-state index contributed by atoms with van der Waals surface area (Å²) in [5.74, 6) is 0.228. The van der Waals surface area contributed by atoms with Gasteiger partial charge in [0.2, 0.25) is 5.91 Å². The Kier molecular flexibility index (Phi) is 7.30. The summed E-state index contributed by atoms with van der Waals surface area (Å²) in [6, 6.07) is 1.74. The van der Waals surface area contributed by atoms with Gasteiger partial charge in [0.15, 0.2) is 5.82 Å². The van der Waals surface area contributed by atoms with E-state index in [0.717, 1.165) is 25.9 Å². The summed E-state index contributed by atoms with van der Waals surface area (Å²) in [6.45, 7) is 6.82. The number of alkyl halides is 6. The number of carbonyl (C=O) groups is 1. The second-order valence-corrected chi connectivity index (χ2v) is 10.4. The third-order valence-electron chi connectivity index (χ3n) is 7.73. The first-order chi connectivity index (χ1) is 17.2. The number of benzene rings is 1. The van der Waals surface area contributed by atoms with Crippen molar-refractivity contribution in [3.63, 3.8) is 0 Å². The highest BCUT2D eigenvalue weighted by atomic mass is 19.4. The van der Waals surface area contributed by atoms with Crippen LogP contribution in [-0.4, -0.2) is 50.1 Å². The van der Waals surface area contributed by atoms with Crippen molar-refractivity contribution < 1.29 is 31.1 Å². The first-order valence-corrected chi connectivity index (χ1v) is 12.3. The molecule has 2 heterocycles. The van der Waals surface area contributed by atoms with Crippen LogP contribution in [-0.2, 0) is 23.7 Å². The Morgan fingerprint density at radius 1 is 1.03 bits per heavy atom. The van der Waals surface area contributed by atoms with Crippen molar-refractivity contribution in [3.8, 4) is 0 Å². The molecule has 1 aliphatic carbocycles. The molecule has 204 valence electrons. The van der Waals surface area contributed by atoms with Gasteiger partial charge in [-0.15, -0.1) is 10.2 Å². The average molecular weight is 533 g/mol. The van der Waals surface area contributed by atoms with E-state index in [0.29, 0.717) is 30.8 Å². The molecule has 1 aromatic heterocycles. The predicted octanol–water partition coefficient (Wildman–Crippen LogP) is 4.78. The van der Waals surface area contributed by atoms with Crippen molar-refractivity contribution in [2.45, 2.75) is 77.4 Å². The summed E-state index contributed by atoms with van der Waals surface area (Å²) < 4.78 is 79.0. The van der Waals surface area contributed by atoms with E-state index in [4.69, 9.17) is 0 Å². The number of hydrogen-bond donors (Lipinski definition) is 1. The van der Waals surface area contributed by atoms with Crippen molar-refractivity contribution in [1.82, 2.24) is 30.4 Å². The highest BCUT2D eigenvalue weighted by Gasteiger charge is 2.53. The molecular weight excluding hydrogens is 502 g/mol. The molecule has 1 amide bonds. The maximum absolute atomic E-state index is 13.2. The molecule has 1 aliphatic heterocycles. The zero-order valence-corrected chi connectivity index (χ0v) is 20.8. The standard InChI is InChI=1S/C24H30F6N6O/c1-14(2)22(11-20(12-22)35-6-4-19(5-7-35)36-33-15(3)32-34-36)21(37)31-13-16-8-17(23(25,26)27)10-18(9-16)24(28,29)30/h8-10,14,19-20H,4-7,11-13H2,1-3H3,(H,31,37). The SMILES string of the molecule is Cc1nnn(C2CCN(C3CC(C(=O)NCc4cc(C(F)(F)F)cc(C(F)(F)F)c4)(C(C)C)C3)CC2)n1. The number of aryl methyl sites for hydroxylation is 1. The smallest absolute Gasteiger partial charge is 0.352 e. The molecule has 2 fully saturated rings. The van der Waals surface area contributed by atoms with E-state index in [1.165, 1.54) is 0 Å². The molecular formula is C24H30F6N6O. The molecule has 1 N–H and O–H groups in total. The van der Waals surface area contributed by atoms with E-state index in [-0.39, 0.29) is 35.5 Å². The van der Waals surface area contributed by atoms with E-state index in [2.05, 4.69) is 25.6 Å². The molecule has 2 aliphatic rings. The highest BCUT2D eigenvalue weighted by Crippen LogP contribution is 2.50. The lowest BCUT2D eigenvalue weighted by molar-refractivity contribution is -0.147. The second kappa shape index (κ2) is 9.88. The van der Waals surface area contributed by atoms with Crippen LogP contribution in [0, 0.1) is 18.3 Å². The van der Waals surface area contributed by atoms with E-state index < -0.39 is 35.4 Å². The quantitative estimate of drug-likeness (QED) is 0.543. The number of tetrazole rings is 1. The average Bonchev–Trinajstić information content (AvgIpc) is 3.22. The van der Waals surface area contributed by atoms with E-state index >= 15 is 0 Å². The normalized spacial score (nSPS) is 23.8. The van der Waals surface area contributed by atoms with Crippen LogP contribution < -0.4 is 5.32 Å². The maximum atomic E-state index is 13.2. The largest absolute Gasteiger partial charge is 0.416 e. The fourth-order valence-electron chi connectivity index (χ4n) is 5.37. The second-order valence-electron chi connectivity index (χ2n) is 10.4. The molecule has 0 spiro atoms. The van der Waals surface area contributed by atoms with Crippen LogP contribution in [0.3, 0.4) is 0 Å². The molecule has 1 saturated carbocycles. The number of halogens is 6. The number of amides is 1. The third kappa shape index (κ3) is 5.75. The van der Waals surface area contributed by atoms with E-state index in [1.54, 1.807) is 11.7 Å². The zero-order valence-electron chi connectivity index (χ0n) is 20.8. The van der Waals surface area contributed by atoms with Gasteiger partial charge in [-0.3, -0.25) is 4.79 Å². The molecule has 7 nitrogen and oxygen atoms in total. The van der Waals surface area contributed by atoms with Crippen molar-refractivity contribution in [2.75, 3.05) is 13.1 Å². The molecule has 0 radical (unpaired) electrons. The molecule has 1 aromatic carbocycles. The molecule has 13 heteroatoms. The van der Waals surface area contributed by atoms with Gasteiger partial charge in [0.25, 0.3) is 0 Å². The van der Waals surface area contributed by atoms with Gasteiger partial charge in [-0.05, 0) is 67.5 Å². The van der Waals surface area contributed by atoms with Crippen LogP contribution in [0.2, 0.25) is 0 Å². The fourth-order valence-corrected chi connectivity index (χ4v) is 5.37. The van der Waals surface area contributed by atoms with Crippen LogP contribution in [0.25, 0.3) is 0 Å². The van der Waals surface area contributed by atoms with Gasteiger partial charge >= 0.3 is 12.4 Å². The molecule has 0 unspecified atom stereocenters. The number of aromatic nitrogens is 4. The van der Waals surface area contributed by atoms with Crippen molar-refractivity contribution in [2.24, 2.45) is 11.3 Å². The van der Waals surface area contributed by atoms with E-state index in [9.17, 15) is 31.1 Å². The molecule has 4 rings (SSSR count). The predicted molar refractivity (Wildman–Crippen MR) is 121 cm³/mol. The number of nitrogens with zero attached hydrogens (tertiary/aromatic N) is 5. The molecule has 0 bridgehead atoms. The van der Waals surface area contributed by atoms with E-state index in [1.807, 2.05) is 13.8 Å². The van der Waals surface area contributed by atoms with Gasteiger partial charge < -0.3 is 10.2 Å². The van der Waals surface area contributed by atoms with Gasteiger partial charge in [0.1, 0.15) is 0 Å². The lowest BCUT2D eigenvalue weighted by Gasteiger charge is -2.54. The lowest BCUT2D eigenvalue weighted by Crippen LogP contribution is -2.60. The third-order valence-corrected chi connectivity index (χ3v) is 7.73. The topological polar surface area (TPSA) is 75.9 Å². The molecule has 1 saturated heterocycles. The Morgan fingerprint density at radius 3 is 2.05 bits per heavy atom. The van der Waals surface area contributed by atoms with Gasteiger partial charge in [-0.25, -0.2) is 0 Å². The minimum atomic E-state index is -4.93. The first kappa shape index (κ1) is 27.3. The minimum Gasteiger partial charge on any atom is -0.352 e. The highest BCUT2D eigenvalue weighted by molar-refractivity contribution is 5.84. The first-order valence-electron chi connectivity index (χ1n) is 12.3. The lowest BCUT2D eigenvalue weighted by atomic mass is 9.58. The summed E-state index contributed by atoms with van der Waals surface area (Å²) in [5, 5.41) is 14.9. The number of nitrogens with one attached hydrogen (secondary N) is 1. The van der Waals surface area contributed by atoms with Crippen molar-refractivity contribution in [1.29, 1.82) is 0 Å². The minimum absolute atomic E-state index is 0.0455. The number of carbonyl (C=O) groups excluding carboxylic acids is 1. The number of rotatable bonds is 6. The Morgan fingerprint density at radius 2 is 1.59 bits per heavy atom. The number of likely N-dealkylation sites (tertiary alicyclic amines) is 1. The van der Waals surface area contributed by atoms with Crippen LogP contribution >= 0.6 is 0 Å². The zero-order chi connectivity index (χ0) is 27.2. The Hall–Kier alpha value is -2.70. The summed E-state index contributed by atoms with van der Waals surface area (Å²) >= 11 is 0. The van der Waals surface area contributed by atoms with Gasteiger partial charge in [0.05, 0.1) is 22.6 Å².